The largest absolute Gasteiger partial charge is 0.384 e. The number of sulfone groups is 1. The van der Waals surface area contributed by atoms with Gasteiger partial charge in [-0.15, -0.1) is 0 Å². The Hall–Kier alpha value is -3.70. The summed E-state index contributed by atoms with van der Waals surface area (Å²) in [7, 11) is -3.97. The molecular weight excluding hydrogens is 362 g/mol. The molecule has 0 fully saturated rings. The molecular formula is C19H13N5O2S. The van der Waals surface area contributed by atoms with Crippen molar-refractivity contribution in [2.75, 3.05) is 5.73 Å². The number of benzene rings is 2. The minimum Gasteiger partial charge on any atom is -0.384 e. The average Bonchev–Trinajstić information content (AvgIpc) is 3.01. The molecule has 0 aliphatic carbocycles. The molecule has 2 heterocycles. The second kappa shape index (κ2) is 6.23. The molecule has 2 N–H and O–H groups in total. The van der Waals surface area contributed by atoms with Gasteiger partial charge in [-0.2, -0.15) is 5.26 Å². The highest BCUT2D eigenvalue weighted by molar-refractivity contribution is 7.92. The fourth-order valence-corrected chi connectivity index (χ4v) is 4.42. The Morgan fingerprint density at radius 1 is 0.963 bits per heavy atom. The molecule has 0 aliphatic rings. The number of para-hydroxylation sites is 1. The number of hydrogen-bond acceptors (Lipinski definition) is 6. The molecule has 2 aromatic carbocycles. The van der Waals surface area contributed by atoms with E-state index in [9.17, 15) is 8.42 Å². The van der Waals surface area contributed by atoms with Gasteiger partial charge in [0.15, 0.2) is 5.65 Å². The summed E-state index contributed by atoms with van der Waals surface area (Å²) in [6.45, 7) is 0. The summed E-state index contributed by atoms with van der Waals surface area (Å²) in [5.41, 5.74) is 7.88. The number of nitrogens with two attached hydrogens (primary N) is 1. The van der Waals surface area contributed by atoms with E-state index in [1.807, 2.05) is 36.4 Å². The summed E-state index contributed by atoms with van der Waals surface area (Å²) in [6, 6.07) is 16.8. The van der Waals surface area contributed by atoms with Crippen LogP contribution in [0.15, 0.2) is 76.8 Å². The van der Waals surface area contributed by atoms with Gasteiger partial charge in [0.05, 0.1) is 16.5 Å². The van der Waals surface area contributed by atoms with Crippen molar-refractivity contribution in [3.05, 3.63) is 72.6 Å². The smallest absolute Gasteiger partial charge is 0.212 e. The zero-order valence-corrected chi connectivity index (χ0v) is 14.8. The van der Waals surface area contributed by atoms with Crippen LogP contribution in [0.5, 0.6) is 0 Å². The van der Waals surface area contributed by atoms with Gasteiger partial charge >= 0.3 is 0 Å². The number of fused-ring (bicyclic) bond motifs is 1. The Bertz CT molecular complexity index is 1290. The topological polar surface area (TPSA) is 115 Å². The molecule has 2 aromatic heterocycles. The zero-order valence-electron chi connectivity index (χ0n) is 13.9. The van der Waals surface area contributed by atoms with Crippen molar-refractivity contribution in [2.45, 2.75) is 9.79 Å². The van der Waals surface area contributed by atoms with Crippen LogP contribution >= 0.6 is 0 Å². The van der Waals surface area contributed by atoms with Gasteiger partial charge in [0.1, 0.15) is 16.2 Å². The van der Waals surface area contributed by atoms with Gasteiger partial charge < -0.3 is 5.73 Å². The lowest BCUT2D eigenvalue weighted by Crippen LogP contribution is -2.07. The summed E-state index contributed by atoms with van der Waals surface area (Å²) in [5, 5.41) is 8.92. The monoisotopic (exact) mass is 375 g/mol. The van der Waals surface area contributed by atoms with E-state index < -0.39 is 9.84 Å². The Morgan fingerprint density at radius 3 is 2.30 bits per heavy atom. The maximum Gasteiger partial charge on any atom is 0.212 e. The van der Waals surface area contributed by atoms with E-state index in [1.165, 1.54) is 36.7 Å². The minimum absolute atomic E-state index is 0.0333. The molecule has 0 unspecified atom stereocenters. The fraction of sp³-hybridized carbons (Fsp3) is 0. The molecule has 0 amide bonds. The van der Waals surface area contributed by atoms with Crippen LogP contribution in [0.2, 0.25) is 0 Å². The highest BCUT2D eigenvalue weighted by Gasteiger charge is 2.30. The third kappa shape index (κ3) is 2.61. The quantitative estimate of drug-likeness (QED) is 0.589. The predicted octanol–water partition coefficient (Wildman–Crippen LogP) is 2.71. The molecule has 0 spiro atoms. The molecule has 8 heteroatoms. The number of nitrogens with zero attached hydrogens (tertiary/aromatic N) is 4. The first-order valence-electron chi connectivity index (χ1n) is 7.95. The zero-order chi connectivity index (χ0) is 19.0. The number of rotatable bonds is 3. The van der Waals surface area contributed by atoms with Crippen molar-refractivity contribution in [3.8, 4) is 11.8 Å². The number of nitriles is 1. The average molecular weight is 375 g/mol. The van der Waals surface area contributed by atoms with Gasteiger partial charge in [-0.25, -0.2) is 18.4 Å². The van der Waals surface area contributed by atoms with E-state index in [0.717, 1.165) is 0 Å². The first-order chi connectivity index (χ1) is 13.0. The Kier molecular flexibility index (Phi) is 3.86. The normalized spacial score (nSPS) is 11.4. The summed E-state index contributed by atoms with van der Waals surface area (Å²) >= 11 is 0. The fourth-order valence-electron chi connectivity index (χ4n) is 2.92. The Labute approximate surface area is 155 Å². The summed E-state index contributed by atoms with van der Waals surface area (Å²) < 4.78 is 28.1. The molecule has 0 saturated heterocycles. The molecule has 4 rings (SSSR count). The van der Waals surface area contributed by atoms with Crippen LogP contribution in [0.25, 0.3) is 16.9 Å². The first-order valence-corrected chi connectivity index (χ1v) is 9.44. The molecule has 27 heavy (non-hydrogen) atoms. The molecule has 0 bridgehead atoms. The van der Waals surface area contributed by atoms with Crippen LogP contribution in [0.3, 0.4) is 0 Å². The van der Waals surface area contributed by atoms with Crippen molar-refractivity contribution in [2.24, 2.45) is 0 Å². The van der Waals surface area contributed by atoms with Crippen LogP contribution in [-0.2, 0) is 9.84 Å². The summed E-state index contributed by atoms with van der Waals surface area (Å²) in [5.74, 6) is 0.0340. The highest BCUT2D eigenvalue weighted by atomic mass is 32.2. The second-order valence-corrected chi connectivity index (χ2v) is 7.64. The number of hydrogen-bond donors (Lipinski definition) is 1. The summed E-state index contributed by atoms with van der Waals surface area (Å²) in [4.78, 5) is 8.44. The van der Waals surface area contributed by atoms with Gasteiger partial charge in [-0.1, -0.05) is 18.2 Å². The maximum absolute atomic E-state index is 13.3. The number of aromatic nitrogens is 3. The van der Waals surface area contributed by atoms with Gasteiger partial charge in [0.2, 0.25) is 9.84 Å². The lowest BCUT2D eigenvalue weighted by molar-refractivity contribution is 0.597. The van der Waals surface area contributed by atoms with Crippen molar-refractivity contribution >= 4 is 26.8 Å². The second-order valence-electron chi connectivity index (χ2n) is 5.75. The van der Waals surface area contributed by atoms with E-state index >= 15 is 0 Å². The summed E-state index contributed by atoms with van der Waals surface area (Å²) in [6.07, 6.45) is 2.91. The van der Waals surface area contributed by atoms with Crippen LogP contribution in [0.4, 0.5) is 5.82 Å². The standard InChI is InChI=1S/C19H13N5O2S/c20-12-13-6-8-15(9-7-13)27(25,26)17-16-19(23-11-10-22-16)24(18(17)21)14-4-2-1-3-5-14/h1-11H,21H2. The first kappa shape index (κ1) is 16.8. The molecule has 0 aliphatic heterocycles. The van der Waals surface area contributed by atoms with E-state index in [0.29, 0.717) is 16.9 Å². The number of nitrogen functional groups attached to an aromatic ring is 1. The predicted molar refractivity (Wildman–Crippen MR) is 99.9 cm³/mol. The SMILES string of the molecule is N#Cc1ccc(S(=O)(=O)c2c(N)n(-c3ccccc3)c3nccnc23)cc1. The van der Waals surface area contributed by atoms with Crippen molar-refractivity contribution in [1.82, 2.24) is 14.5 Å². The molecule has 4 aromatic rings. The maximum atomic E-state index is 13.3. The third-order valence-corrected chi connectivity index (χ3v) is 5.99. The lowest BCUT2D eigenvalue weighted by atomic mass is 10.2. The minimum atomic E-state index is -3.97. The van der Waals surface area contributed by atoms with Crippen molar-refractivity contribution in [3.63, 3.8) is 0 Å². The van der Waals surface area contributed by atoms with Crippen LogP contribution < -0.4 is 5.73 Å². The Morgan fingerprint density at radius 2 is 1.63 bits per heavy atom. The van der Waals surface area contributed by atoms with Crippen LogP contribution in [0, 0.1) is 11.3 Å². The molecule has 132 valence electrons. The van der Waals surface area contributed by atoms with Gasteiger partial charge in [0, 0.05) is 18.1 Å². The lowest BCUT2D eigenvalue weighted by Gasteiger charge is -2.08. The molecule has 0 atom stereocenters. The van der Waals surface area contributed by atoms with Crippen LogP contribution in [0.1, 0.15) is 5.56 Å². The van der Waals surface area contributed by atoms with E-state index in [4.69, 9.17) is 11.0 Å². The van der Waals surface area contributed by atoms with Crippen molar-refractivity contribution < 1.29 is 8.42 Å². The van der Waals surface area contributed by atoms with Crippen molar-refractivity contribution in [1.29, 1.82) is 5.26 Å². The van der Waals surface area contributed by atoms with Crippen LogP contribution in [-0.4, -0.2) is 23.0 Å². The van der Waals surface area contributed by atoms with Gasteiger partial charge in [0.25, 0.3) is 0 Å². The molecule has 7 nitrogen and oxygen atoms in total. The number of anilines is 1. The van der Waals surface area contributed by atoms with Gasteiger partial charge in [-0.05, 0) is 36.4 Å². The third-order valence-electron chi connectivity index (χ3n) is 4.16. The van der Waals surface area contributed by atoms with E-state index in [-0.39, 0.29) is 21.1 Å². The van der Waals surface area contributed by atoms with Gasteiger partial charge in [-0.3, -0.25) is 4.57 Å². The Balaban J connectivity index is 2.02. The highest BCUT2D eigenvalue weighted by Crippen LogP contribution is 2.35. The van der Waals surface area contributed by atoms with E-state index in [2.05, 4.69) is 9.97 Å². The van der Waals surface area contributed by atoms with E-state index in [1.54, 1.807) is 4.57 Å². The molecule has 0 radical (unpaired) electrons. The molecule has 0 saturated carbocycles.